The Hall–Kier alpha value is -2.21. The molecule has 0 saturated carbocycles. The summed E-state index contributed by atoms with van der Waals surface area (Å²) in [5.74, 6) is -6.21. The first-order valence-electron chi connectivity index (χ1n) is 7.43. The molecule has 9 heteroatoms. The van der Waals surface area contributed by atoms with Gasteiger partial charge in [0.1, 0.15) is 0 Å². The predicted molar refractivity (Wildman–Crippen MR) is 87.9 cm³/mol. The fourth-order valence-electron chi connectivity index (χ4n) is 2.49. The van der Waals surface area contributed by atoms with E-state index in [1.807, 2.05) is 6.07 Å². The minimum absolute atomic E-state index is 0.0698. The minimum Gasteiger partial charge on any atom is -0.192 e. The Morgan fingerprint density at radius 2 is 1.56 bits per heavy atom. The number of nitrogens with zero attached hydrogens (tertiary/aromatic N) is 1. The van der Waals surface area contributed by atoms with Crippen LogP contribution in [0.15, 0.2) is 41.3 Å². The van der Waals surface area contributed by atoms with E-state index in [9.17, 15) is 30.7 Å². The van der Waals surface area contributed by atoms with Crippen molar-refractivity contribution in [1.82, 2.24) is 0 Å². The second kappa shape index (κ2) is 7.08. The van der Waals surface area contributed by atoms with E-state index in [1.165, 1.54) is 38.1 Å². The molecule has 0 aliphatic carbocycles. The highest BCUT2D eigenvalue weighted by atomic mass is 32.2. The van der Waals surface area contributed by atoms with Crippen LogP contribution in [0.3, 0.4) is 0 Å². The van der Waals surface area contributed by atoms with Gasteiger partial charge in [-0.1, -0.05) is 18.2 Å². The molecule has 27 heavy (non-hydrogen) atoms. The summed E-state index contributed by atoms with van der Waals surface area (Å²) in [6, 6.07) is 10.3. The third-order valence-corrected chi connectivity index (χ3v) is 4.74. The maximum absolute atomic E-state index is 13.9. The largest absolute Gasteiger partial charge is 0.460 e. The number of thioether (sulfide) groups is 1. The van der Waals surface area contributed by atoms with Crippen molar-refractivity contribution in [2.75, 3.05) is 0 Å². The minimum atomic E-state index is -6.40. The molecule has 0 aliphatic rings. The Kier molecular flexibility index (Phi) is 5.53. The van der Waals surface area contributed by atoms with Crippen LogP contribution < -0.4 is 0 Å². The number of alkyl halides is 7. The van der Waals surface area contributed by atoms with Gasteiger partial charge in [0.2, 0.25) is 0 Å². The van der Waals surface area contributed by atoms with Crippen LogP contribution in [-0.2, 0) is 0 Å². The third kappa shape index (κ3) is 4.05. The van der Waals surface area contributed by atoms with Crippen molar-refractivity contribution in [2.24, 2.45) is 0 Å². The van der Waals surface area contributed by atoms with Crippen LogP contribution in [0.5, 0.6) is 0 Å². The van der Waals surface area contributed by atoms with Crippen LogP contribution in [0.1, 0.15) is 16.7 Å². The third-order valence-electron chi connectivity index (χ3n) is 3.68. The quantitative estimate of drug-likeness (QED) is 0.415. The molecule has 2 rings (SSSR count). The molecule has 0 spiro atoms. The molecular weight excluding hydrogens is 395 g/mol. The standard InChI is InChI=1S/C18H12F7NS/c1-10-6-11(2)15(13-5-3-4-12(8-13)9-26)14(7-10)27-18(24,25)16(19,20)17(21,22)23/h3-8H,1-2H3. The van der Waals surface area contributed by atoms with Gasteiger partial charge in [-0.15, -0.1) is 0 Å². The van der Waals surface area contributed by atoms with Crippen molar-refractivity contribution in [3.05, 3.63) is 53.1 Å². The first-order chi connectivity index (χ1) is 12.3. The maximum atomic E-state index is 13.9. The van der Waals surface area contributed by atoms with Crippen molar-refractivity contribution in [2.45, 2.75) is 36.1 Å². The van der Waals surface area contributed by atoms with Crippen LogP contribution in [0.4, 0.5) is 30.7 Å². The predicted octanol–water partition coefficient (Wildman–Crippen LogP) is 6.72. The second-order valence-electron chi connectivity index (χ2n) is 5.84. The number of aryl methyl sites for hydroxylation is 2. The van der Waals surface area contributed by atoms with Gasteiger partial charge in [0.25, 0.3) is 0 Å². The Labute approximate surface area is 154 Å². The average molecular weight is 407 g/mol. The van der Waals surface area contributed by atoms with Crippen LogP contribution in [0.2, 0.25) is 0 Å². The summed E-state index contributed by atoms with van der Waals surface area (Å²) >= 11 is -0.843. The number of benzene rings is 2. The summed E-state index contributed by atoms with van der Waals surface area (Å²) in [7, 11) is 0. The van der Waals surface area contributed by atoms with Gasteiger partial charge in [-0.3, -0.25) is 0 Å². The highest BCUT2D eigenvalue weighted by molar-refractivity contribution is 8.00. The summed E-state index contributed by atoms with van der Waals surface area (Å²) in [4.78, 5) is -0.434. The molecule has 0 heterocycles. The van der Waals surface area contributed by atoms with E-state index < -0.39 is 34.0 Å². The molecule has 2 aromatic rings. The normalized spacial score (nSPS) is 12.7. The van der Waals surface area contributed by atoms with Gasteiger partial charge in [0.05, 0.1) is 11.6 Å². The summed E-state index contributed by atoms with van der Waals surface area (Å²) in [5, 5.41) is 3.55. The molecule has 1 nitrogen and oxygen atoms in total. The van der Waals surface area contributed by atoms with Gasteiger partial charge in [-0.25, -0.2) is 0 Å². The molecule has 0 N–H and O–H groups in total. The molecule has 0 saturated heterocycles. The summed E-state index contributed by atoms with van der Waals surface area (Å²) < 4.78 is 91.8. The van der Waals surface area contributed by atoms with Gasteiger partial charge >= 0.3 is 17.4 Å². The fourth-order valence-corrected chi connectivity index (χ4v) is 3.64. The topological polar surface area (TPSA) is 23.8 Å². The SMILES string of the molecule is Cc1cc(C)c(-c2cccc(C#N)c2)c(SC(F)(F)C(F)(F)C(F)(F)F)c1. The first-order valence-corrected chi connectivity index (χ1v) is 8.25. The van der Waals surface area contributed by atoms with Gasteiger partial charge in [0, 0.05) is 4.90 Å². The highest BCUT2D eigenvalue weighted by Crippen LogP contribution is 2.55. The molecule has 0 radical (unpaired) electrons. The average Bonchev–Trinajstić information content (AvgIpc) is 2.52. The maximum Gasteiger partial charge on any atom is 0.460 e. The van der Waals surface area contributed by atoms with Gasteiger partial charge in [-0.05, 0) is 66.1 Å². The van der Waals surface area contributed by atoms with Gasteiger partial charge in [-0.2, -0.15) is 36.0 Å². The van der Waals surface area contributed by atoms with E-state index >= 15 is 0 Å². The Bertz CT molecular complexity index is 898. The van der Waals surface area contributed by atoms with E-state index in [0.717, 1.165) is 6.07 Å². The van der Waals surface area contributed by atoms with Crippen molar-refractivity contribution in [1.29, 1.82) is 5.26 Å². The highest BCUT2D eigenvalue weighted by Gasteiger charge is 2.73. The van der Waals surface area contributed by atoms with Crippen LogP contribution in [0.25, 0.3) is 11.1 Å². The van der Waals surface area contributed by atoms with Crippen LogP contribution in [0, 0.1) is 25.2 Å². The molecule has 0 fully saturated rings. The van der Waals surface area contributed by atoms with E-state index in [4.69, 9.17) is 5.26 Å². The molecule has 0 bridgehead atoms. The van der Waals surface area contributed by atoms with Crippen LogP contribution >= 0.6 is 11.8 Å². The zero-order valence-corrected chi connectivity index (χ0v) is 14.8. The van der Waals surface area contributed by atoms with Crippen molar-refractivity contribution < 1.29 is 30.7 Å². The number of halogens is 7. The zero-order valence-electron chi connectivity index (χ0n) is 14.0. The zero-order chi connectivity index (χ0) is 20.6. The van der Waals surface area contributed by atoms with Crippen LogP contribution in [-0.4, -0.2) is 17.4 Å². The lowest BCUT2D eigenvalue weighted by Gasteiger charge is -2.28. The summed E-state index contributed by atoms with van der Waals surface area (Å²) in [6.07, 6.45) is -6.40. The monoisotopic (exact) mass is 407 g/mol. The van der Waals surface area contributed by atoms with Gasteiger partial charge in [0.15, 0.2) is 0 Å². The molecular formula is C18H12F7NS. The van der Waals surface area contributed by atoms with Gasteiger partial charge < -0.3 is 0 Å². The summed E-state index contributed by atoms with van der Waals surface area (Å²) in [5.41, 5.74) is 1.34. The van der Waals surface area contributed by atoms with Crippen molar-refractivity contribution >= 4 is 11.8 Å². The Morgan fingerprint density at radius 1 is 0.926 bits per heavy atom. The molecule has 2 aromatic carbocycles. The molecule has 0 amide bonds. The van der Waals surface area contributed by atoms with E-state index in [-0.39, 0.29) is 16.7 Å². The van der Waals surface area contributed by atoms with E-state index in [2.05, 4.69) is 0 Å². The number of nitriles is 1. The molecule has 144 valence electrons. The second-order valence-corrected chi connectivity index (χ2v) is 7.00. The lowest BCUT2D eigenvalue weighted by atomic mass is 9.97. The molecule has 0 aliphatic heterocycles. The van der Waals surface area contributed by atoms with Crippen molar-refractivity contribution in [3.8, 4) is 17.2 Å². The van der Waals surface area contributed by atoms with E-state index in [0.29, 0.717) is 11.1 Å². The Balaban J connectivity index is 2.63. The lowest BCUT2D eigenvalue weighted by Crippen LogP contribution is -2.49. The lowest BCUT2D eigenvalue weighted by molar-refractivity contribution is -0.330. The number of hydrogen-bond donors (Lipinski definition) is 0. The summed E-state index contributed by atoms with van der Waals surface area (Å²) in [6.45, 7) is 3.03. The number of rotatable bonds is 4. The molecule has 0 unspecified atom stereocenters. The van der Waals surface area contributed by atoms with Crippen molar-refractivity contribution in [3.63, 3.8) is 0 Å². The smallest absolute Gasteiger partial charge is 0.192 e. The molecule has 0 atom stereocenters. The first kappa shape index (κ1) is 21.1. The Morgan fingerprint density at radius 3 is 2.11 bits per heavy atom. The fraction of sp³-hybridized carbons (Fsp3) is 0.278. The molecule has 0 aromatic heterocycles. The number of hydrogen-bond acceptors (Lipinski definition) is 2. The van der Waals surface area contributed by atoms with E-state index in [1.54, 1.807) is 6.07 Å².